The van der Waals surface area contributed by atoms with Crippen LogP contribution in [0, 0.1) is 0 Å². The minimum absolute atomic E-state index is 0.488. The summed E-state index contributed by atoms with van der Waals surface area (Å²) in [6.07, 6.45) is 5.22. The number of thiol groups is 1. The van der Waals surface area contributed by atoms with Crippen LogP contribution >= 0.6 is 24.8 Å². The third kappa shape index (κ3) is 3.52. The smallest absolute Gasteiger partial charge is 0.135 e. The number of thiocarbonyl (C=S) groups is 1. The van der Waals surface area contributed by atoms with E-state index in [0.717, 1.165) is 17.7 Å². The van der Waals surface area contributed by atoms with Crippen LogP contribution in [0.1, 0.15) is 18.9 Å². The van der Waals surface area contributed by atoms with E-state index in [0.29, 0.717) is 4.32 Å². The molecule has 0 bridgehead atoms. The summed E-state index contributed by atoms with van der Waals surface area (Å²) in [6.45, 7) is 2.11. The summed E-state index contributed by atoms with van der Waals surface area (Å²) in [6, 6.07) is 8.00. The van der Waals surface area contributed by atoms with Crippen molar-refractivity contribution in [2.24, 2.45) is 0 Å². The van der Waals surface area contributed by atoms with Crippen LogP contribution in [0.15, 0.2) is 30.3 Å². The van der Waals surface area contributed by atoms with E-state index < -0.39 is 0 Å². The molecule has 0 saturated carbocycles. The molecular formula is C11H13NS2. The first-order chi connectivity index (χ1) is 6.74. The van der Waals surface area contributed by atoms with Crippen molar-refractivity contribution in [1.29, 1.82) is 0 Å². The molecule has 14 heavy (non-hydrogen) atoms. The monoisotopic (exact) mass is 223 g/mol. The Labute approximate surface area is 95.6 Å². The number of benzene rings is 1. The number of allylic oxidation sites excluding steroid dienone is 1. The number of rotatable bonds is 3. The highest BCUT2D eigenvalue weighted by Gasteiger charge is 1.97. The molecule has 1 aromatic carbocycles. The van der Waals surface area contributed by atoms with E-state index in [9.17, 15) is 0 Å². The van der Waals surface area contributed by atoms with Gasteiger partial charge in [-0.2, -0.15) is 0 Å². The lowest BCUT2D eigenvalue weighted by atomic mass is 10.1. The molecule has 0 spiro atoms. The minimum atomic E-state index is 0.488. The van der Waals surface area contributed by atoms with Crippen LogP contribution in [0.2, 0.25) is 0 Å². The quantitative estimate of drug-likeness (QED) is 0.598. The molecule has 1 aromatic rings. The van der Waals surface area contributed by atoms with Gasteiger partial charge in [0, 0.05) is 5.69 Å². The second-order valence-corrected chi connectivity index (χ2v) is 3.99. The average Bonchev–Trinajstić information content (AvgIpc) is 2.16. The lowest BCUT2D eigenvalue weighted by Gasteiger charge is -2.06. The predicted molar refractivity (Wildman–Crippen MR) is 71.0 cm³/mol. The van der Waals surface area contributed by atoms with E-state index in [1.165, 1.54) is 0 Å². The lowest BCUT2D eigenvalue weighted by Crippen LogP contribution is -2.01. The van der Waals surface area contributed by atoms with E-state index in [1.54, 1.807) is 0 Å². The molecule has 0 fully saturated rings. The Hall–Kier alpha value is -0.800. The molecule has 1 nitrogen and oxygen atoms in total. The summed E-state index contributed by atoms with van der Waals surface area (Å²) in [5.41, 5.74) is 2.13. The van der Waals surface area contributed by atoms with E-state index in [-0.39, 0.29) is 0 Å². The Morgan fingerprint density at radius 3 is 2.86 bits per heavy atom. The van der Waals surface area contributed by atoms with Crippen LogP contribution in [0.3, 0.4) is 0 Å². The van der Waals surface area contributed by atoms with Crippen molar-refractivity contribution in [3.05, 3.63) is 35.9 Å². The summed E-state index contributed by atoms with van der Waals surface area (Å²) in [4.78, 5) is 0. The van der Waals surface area contributed by atoms with Crippen LogP contribution in [-0.2, 0) is 0 Å². The fraction of sp³-hybridized carbons (Fsp3) is 0.182. The van der Waals surface area contributed by atoms with Gasteiger partial charge in [0.1, 0.15) is 4.32 Å². The predicted octanol–water partition coefficient (Wildman–Crippen LogP) is 3.74. The van der Waals surface area contributed by atoms with E-state index in [1.807, 2.05) is 24.3 Å². The molecule has 3 heteroatoms. The lowest BCUT2D eigenvalue weighted by molar-refractivity contribution is 1.23. The van der Waals surface area contributed by atoms with Crippen LogP contribution in [-0.4, -0.2) is 4.32 Å². The van der Waals surface area contributed by atoms with Crippen molar-refractivity contribution in [2.75, 3.05) is 5.32 Å². The number of anilines is 1. The first-order valence-corrected chi connectivity index (χ1v) is 5.35. The van der Waals surface area contributed by atoms with E-state index in [4.69, 9.17) is 12.2 Å². The normalized spacial score (nSPS) is 10.4. The van der Waals surface area contributed by atoms with Gasteiger partial charge in [0.25, 0.3) is 0 Å². The number of para-hydroxylation sites is 1. The first-order valence-electron chi connectivity index (χ1n) is 4.49. The highest BCUT2D eigenvalue weighted by molar-refractivity contribution is 8.11. The average molecular weight is 223 g/mol. The molecular weight excluding hydrogens is 210 g/mol. The maximum absolute atomic E-state index is 4.88. The van der Waals surface area contributed by atoms with Gasteiger partial charge in [-0.15, -0.1) is 12.6 Å². The molecule has 0 aliphatic heterocycles. The topological polar surface area (TPSA) is 12.0 Å². The van der Waals surface area contributed by atoms with Crippen LogP contribution < -0.4 is 5.32 Å². The molecule has 0 aliphatic rings. The third-order valence-electron chi connectivity index (χ3n) is 1.74. The number of nitrogens with one attached hydrogen (secondary N) is 1. The van der Waals surface area contributed by atoms with E-state index in [2.05, 4.69) is 37.0 Å². The van der Waals surface area contributed by atoms with Gasteiger partial charge in [0.05, 0.1) is 0 Å². The van der Waals surface area contributed by atoms with Crippen molar-refractivity contribution >= 4 is 40.9 Å². The molecule has 0 radical (unpaired) electrons. The first kappa shape index (κ1) is 11.3. The van der Waals surface area contributed by atoms with Gasteiger partial charge in [-0.1, -0.05) is 49.5 Å². The molecule has 1 rings (SSSR count). The maximum Gasteiger partial charge on any atom is 0.135 e. The second kappa shape index (κ2) is 5.83. The van der Waals surface area contributed by atoms with Gasteiger partial charge in [-0.05, 0) is 18.1 Å². The molecule has 0 heterocycles. The molecule has 1 N–H and O–H groups in total. The Kier molecular flexibility index (Phi) is 4.70. The fourth-order valence-corrected chi connectivity index (χ4v) is 1.35. The van der Waals surface area contributed by atoms with Gasteiger partial charge in [-0.3, -0.25) is 0 Å². The maximum atomic E-state index is 4.88. The zero-order valence-corrected chi connectivity index (χ0v) is 9.74. The van der Waals surface area contributed by atoms with E-state index >= 15 is 0 Å². The summed E-state index contributed by atoms with van der Waals surface area (Å²) in [5, 5.41) is 3.03. The third-order valence-corrected chi connectivity index (χ3v) is 1.95. The van der Waals surface area contributed by atoms with Crippen molar-refractivity contribution < 1.29 is 0 Å². The SMILES string of the molecule is CCC=Cc1ccccc1NC(=S)S. The van der Waals surface area contributed by atoms with Gasteiger partial charge in [0.15, 0.2) is 0 Å². The van der Waals surface area contributed by atoms with Crippen molar-refractivity contribution in [1.82, 2.24) is 0 Å². The zero-order chi connectivity index (χ0) is 10.4. The Morgan fingerprint density at radius 2 is 2.21 bits per heavy atom. The summed E-state index contributed by atoms with van der Waals surface area (Å²) < 4.78 is 0.488. The van der Waals surface area contributed by atoms with Crippen LogP contribution in [0.4, 0.5) is 5.69 Å². The van der Waals surface area contributed by atoms with Crippen LogP contribution in [0.5, 0.6) is 0 Å². The molecule has 0 saturated heterocycles. The minimum Gasteiger partial charge on any atom is -0.341 e. The highest BCUT2D eigenvalue weighted by atomic mass is 32.1. The molecule has 0 atom stereocenters. The van der Waals surface area contributed by atoms with Gasteiger partial charge >= 0.3 is 0 Å². The molecule has 74 valence electrons. The molecule has 0 amide bonds. The Balaban J connectivity index is 2.90. The number of hydrogen-bond donors (Lipinski definition) is 2. The van der Waals surface area contributed by atoms with Crippen molar-refractivity contribution in [2.45, 2.75) is 13.3 Å². The second-order valence-electron chi connectivity index (χ2n) is 2.83. The fourth-order valence-electron chi connectivity index (χ4n) is 1.12. The summed E-state index contributed by atoms with van der Waals surface area (Å²) in [7, 11) is 0. The summed E-state index contributed by atoms with van der Waals surface area (Å²) >= 11 is 8.92. The van der Waals surface area contributed by atoms with Gasteiger partial charge in [-0.25, -0.2) is 0 Å². The zero-order valence-electron chi connectivity index (χ0n) is 8.03. The van der Waals surface area contributed by atoms with Crippen LogP contribution in [0.25, 0.3) is 6.08 Å². The number of hydrogen-bond acceptors (Lipinski definition) is 1. The molecule has 0 aliphatic carbocycles. The standard InChI is InChI=1S/C11H13NS2/c1-2-3-6-9-7-4-5-8-10(9)12-11(13)14/h3-8H,2H2,1H3,(H2,12,13,14). The van der Waals surface area contributed by atoms with Crippen molar-refractivity contribution in [3.8, 4) is 0 Å². The molecule has 0 aromatic heterocycles. The van der Waals surface area contributed by atoms with Crippen molar-refractivity contribution in [3.63, 3.8) is 0 Å². The Bertz CT molecular complexity index is 345. The summed E-state index contributed by atoms with van der Waals surface area (Å²) in [5.74, 6) is 0. The largest absolute Gasteiger partial charge is 0.341 e. The molecule has 0 unspecified atom stereocenters. The highest BCUT2D eigenvalue weighted by Crippen LogP contribution is 2.17. The van der Waals surface area contributed by atoms with Gasteiger partial charge in [0.2, 0.25) is 0 Å². The van der Waals surface area contributed by atoms with Gasteiger partial charge < -0.3 is 5.32 Å². The Morgan fingerprint density at radius 1 is 1.50 bits per heavy atom.